The Hall–Kier alpha value is -3.69. The lowest BCUT2D eigenvalue weighted by Gasteiger charge is -2.06. The molecule has 168 valence electrons. The van der Waals surface area contributed by atoms with E-state index in [9.17, 15) is 8.42 Å². The van der Waals surface area contributed by atoms with Gasteiger partial charge in [-0.2, -0.15) is 4.80 Å². The molecule has 10 heteroatoms. The summed E-state index contributed by atoms with van der Waals surface area (Å²) in [6.07, 6.45) is 1.50. The van der Waals surface area contributed by atoms with Gasteiger partial charge in [-0.15, -0.1) is 10.2 Å². The first-order valence-electron chi connectivity index (χ1n) is 9.88. The van der Waals surface area contributed by atoms with Gasteiger partial charge in [0.2, 0.25) is 5.82 Å². The van der Waals surface area contributed by atoms with Gasteiger partial charge in [-0.05, 0) is 58.8 Å². The van der Waals surface area contributed by atoms with Gasteiger partial charge in [0.15, 0.2) is 0 Å². The van der Waals surface area contributed by atoms with E-state index >= 15 is 0 Å². The van der Waals surface area contributed by atoms with Gasteiger partial charge in [0.05, 0.1) is 19.1 Å². The lowest BCUT2D eigenvalue weighted by Crippen LogP contribution is -2.08. The fourth-order valence-corrected chi connectivity index (χ4v) is 4.13. The third-order valence-electron chi connectivity index (χ3n) is 4.58. The summed E-state index contributed by atoms with van der Waals surface area (Å²) in [5.74, 6) is 1.02. The zero-order valence-corrected chi connectivity index (χ0v) is 19.2. The number of aromatic nitrogens is 4. The number of nitrogens with one attached hydrogen (secondary N) is 1. The molecule has 0 atom stereocenters. The molecule has 0 aliphatic heterocycles. The standard InChI is InChI=1S/C23H20ClN5O3S/c1-32-22-10-3-5-17(14-22)11-12-33(30,31)27-21-9-4-7-19(15-21)23-25-28-29(26-23)16-18-6-2-8-20(24)13-18/h2-15,27H,16H2,1H3/b12-11+. The van der Waals surface area contributed by atoms with Crippen LogP contribution in [0.2, 0.25) is 5.02 Å². The van der Waals surface area contributed by atoms with Gasteiger partial charge in [0.1, 0.15) is 5.75 Å². The van der Waals surface area contributed by atoms with E-state index in [0.717, 1.165) is 11.0 Å². The smallest absolute Gasteiger partial charge is 0.255 e. The van der Waals surface area contributed by atoms with E-state index in [1.807, 2.05) is 18.2 Å². The molecule has 1 aromatic heterocycles. The fraction of sp³-hybridized carbons (Fsp3) is 0.0870. The summed E-state index contributed by atoms with van der Waals surface area (Å²) in [6.45, 7) is 0.412. The van der Waals surface area contributed by atoms with E-state index in [0.29, 0.717) is 40.0 Å². The van der Waals surface area contributed by atoms with Crippen LogP contribution in [0, 0.1) is 0 Å². The highest BCUT2D eigenvalue weighted by molar-refractivity contribution is 7.95. The molecule has 4 aromatic rings. The van der Waals surface area contributed by atoms with Crippen LogP contribution in [0.1, 0.15) is 11.1 Å². The van der Waals surface area contributed by atoms with Gasteiger partial charge in [0.25, 0.3) is 10.0 Å². The molecular formula is C23H20ClN5O3S. The van der Waals surface area contributed by atoms with Gasteiger partial charge in [-0.3, -0.25) is 4.72 Å². The minimum atomic E-state index is -3.74. The van der Waals surface area contributed by atoms with Crippen LogP contribution in [0.3, 0.4) is 0 Å². The fourth-order valence-electron chi connectivity index (χ4n) is 3.06. The second kappa shape index (κ2) is 9.85. The molecule has 4 rings (SSSR count). The normalized spacial score (nSPS) is 11.6. The van der Waals surface area contributed by atoms with E-state index in [2.05, 4.69) is 20.1 Å². The maximum Gasteiger partial charge on any atom is 0.255 e. The van der Waals surface area contributed by atoms with Gasteiger partial charge in [-0.25, -0.2) is 8.42 Å². The summed E-state index contributed by atoms with van der Waals surface area (Å²) in [6, 6.07) is 21.3. The summed E-state index contributed by atoms with van der Waals surface area (Å²) in [5.41, 5.74) is 2.66. The lowest BCUT2D eigenvalue weighted by molar-refractivity contribution is 0.414. The summed E-state index contributed by atoms with van der Waals surface area (Å²) < 4.78 is 32.7. The van der Waals surface area contributed by atoms with Gasteiger partial charge in [0, 0.05) is 16.3 Å². The molecule has 0 radical (unpaired) electrons. The van der Waals surface area contributed by atoms with E-state index in [-0.39, 0.29) is 0 Å². The minimum Gasteiger partial charge on any atom is -0.497 e. The van der Waals surface area contributed by atoms with Crippen molar-refractivity contribution < 1.29 is 13.2 Å². The Morgan fingerprint density at radius 2 is 1.88 bits per heavy atom. The quantitative estimate of drug-likeness (QED) is 0.399. The highest BCUT2D eigenvalue weighted by atomic mass is 35.5. The Balaban J connectivity index is 1.47. The average molecular weight is 482 g/mol. The molecule has 3 aromatic carbocycles. The number of sulfonamides is 1. The third kappa shape index (κ3) is 6.18. The van der Waals surface area contributed by atoms with E-state index in [1.54, 1.807) is 61.7 Å². The summed E-state index contributed by atoms with van der Waals surface area (Å²) in [7, 11) is -2.18. The number of ether oxygens (including phenoxy) is 1. The van der Waals surface area contributed by atoms with Gasteiger partial charge < -0.3 is 4.74 Å². The average Bonchev–Trinajstić information content (AvgIpc) is 3.26. The van der Waals surface area contributed by atoms with Crippen LogP contribution in [0.25, 0.3) is 17.5 Å². The van der Waals surface area contributed by atoms with Crippen molar-refractivity contribution in [3.05, 3.63) is 94.4 Å². The van der Waals surface area contributed by atoms with Crippen LogP contribution in [0.15, 0.2) is 78.2 Å². The molecule has 0 aliphatic carbocycles. The third-order valence-corrected chi connectivity index (χ3v) is 5.83. The maximum absolute atomic E-state index is 12.5. The SMILES string of the molecule is COc1cccc(/C=C/S(=O)(=O)Nc2cccc(-c3nnn(Cc4cccc(Cl)c4)n3)c2)c1. The molecule has 0 aliphatic rings. The van der Waals surface area contributed by atoms with Crippen LogP contribution in [-0.4, -0.2) is 35.7 Å². The van der Waals surface area contributed by atoms with Crippen LogP contribution in [0.4, 0.5) is 5.69 Å². The van der Waals surface area contributed by atoms with Crippen molar-refractivity contribution in [3.63, 3.8) is 0 Å². The number of hydrogen-bond donors (Lipinski definition) is 1. The van der Waals surface area contributed by atoms with E-state index < -0.39 is 10.0 Å². The van der Waals surface area contributed by atoms with Gasteiger partial charge >= 0.3 is 0 Å². The topological polar surface area (TPSA) is 99.0 Å². The Bertz CT molecular complexity index is 1400. The van der Waals surface area contributed by atoms with Crippen molar-refractivity contribution in [2.45, 2.75) is 6.54 Å². The minimum absolute atomic E-state index is 0.380. The molecule has 0 amide bonds. The number of hydrogen-bond acceptors (Lipinski definition) is 6. The zero-order chi connectivity index (χ0) is 23.3. The molecule has 0 bridgehead atoms. The highest BCUT2D eigenvalue weighted by Gasteiger charge is 2.10. The molecule has 0 unspecified atom stereocenters. The Morgan fingerprint density at radius 1 is 1.06 bits per heavy atom. The molecule has 0 saturated carbocycles. The number of benzene rings is 3. The summed E-state index contributed by atoms with van der Waals surface area (Å²) in [4.78, 5) is 1.45. The van der Waals surface area contributed by atoms with Crippen molar-refractivity contribution in [1.29, 1.82) is 0 Å². The van der Waals surface area contributed by atoms with Crippen molar-refractivity contribution in [3.8, 4) is 17.1 Å². The molecule has 33 heavy (non-hydrogen) atoms. The number of anilines is 1. The molecule has 8 nitrogen and oxygen atoms in total. The zero-order valence-electron chi connectivity index (χ0n) is 17.6. The maximum atomic E-state index is 12.5. The molecule has 0 spiro atoms. The van der Waals surface area contributed by atoms with Crippen LogP contribution >= 0.6 is 11.6 Å². The number of tetrazole rings is 1. The predicted molar refractivity (Wildman–Crippen MR) is 128 cm³/mol. The first-order chi connectivity index (χ1) is 15.9. The number of rotatable bonds is 8. The predicted octanol–water partition coefficient (Wildman–Crippen LogP) is 4.46. The molecule has 1 heterocycles. The van der Waals surface area contributed by atoms with Crippen molar-refractivity contribution >= 4 is 33.4 Å². The monoisotopic (exact) mass is 481 g/mol. The molecule has 1 N–H and O–H groups in total. The number of nitrogens with zero attached hydrogens (tertiary/aromatic N) is 4. The Labute approximate surface area is 196 Å². The van der Waals surface area contributed by atoms with Gasteiger partial charge in [-0.1, -0.05) is 48.0 Å². The lowest BCUT2D eigenvalue weighted by atomic mass is 10.2. The van der Waals surface area contributed by atoms with Crippen LogP contribution in [-0.2, 0) is 16.6 Å². The van der Waals surface area contributed by atoms with Crippen molar-refractivity contribution in [2.75, 3.05) is 11.8 Å². The highest BCUT2D eigenvalue weighted by Crippen LogP contribution is 2.21. The largest absolute Gasteiger partial charge is 0.497 e. The van der Waals surface area contributed by atoms with E-state index in [4.69, 9.17) is 16.3 Å². The van der Waals surface area contributed by atoms with E-state index in [1.165, 1.54) is 10.9 Å². The molecular weight excluding hydrogens is 462 g/mol. The first kappa shape index (κ1) is 22.5. The second-order valence-corrected chi connectivity index (χ2v) is 9.08. The molecule has 0 fully saturated rings. The number of methoxy groups -OCH3 is 1. The van der Waals surface area contributed by atoms with Crippen LogP contribution in [0.5, 0.6) is 5.75 Å². The van der Waals surface area contributed by atoms with Crippen LogP contribution < -0.4 is 9.46 Å². The number of halogens is 1. The Morgan fingerprint density at radius 3 is 2.70 bits per heavy atom. The van der Waals surface area contributed by atoms with Crippen molar-refractivity contribution in [1.82, 2.24) is 20.2 Å². The summed E-state index contributed by atoms with van der Waals surface area (Å²) >= 11 is 6.02. The Kier molecular flexibility index (Phi) is 6.71. The second-order valence-electron chi connectivity index (χ2n) is 7.08. The summed E-state index contributed by atoms with van der Waals surface area (Å²) in [5, 5.41) is 14.3. The first-order valence-corrected chi connectivity index (χ1v) is 11.8. The van der Waals surface area contributed by atoms with Crippen molar-refractivity contribution in [2.24, 2.45) is 0 Å². The molecule has 0 saturated heterocycles.